The number of rotatable bonds is 3. The predicted molar refractivity (Wildman–Crippen MR) is 89.3 cm³/mol. The highest BCUT2D eigenvalue weighted by molar-refractivity contribution is 6.00. The first-order valence-electron chi connectivity index (χ1n) is 7.74. The first kappa shape index (κ1) is 13.8. The number of nitrogens with zero attached hydrogens (tertiary/aromatic N) is 3. The first-order valence-corrected chi connectivity index (χ1v) is 7.74. The van der Waals surface area contributed by atoms with Crippen LogP contribution in [0.1, 0.15) is 12.8 Å². The molecule has 1 aliphatic heterocycles. The van der Waals surface area contributed by atoms with Gasteiger partial charge in [0.15, 0.2) is 0 Å². The molecular weight excluding hydrogens is 290 g/mol. The molecule has 0 radical (unpaired) electrons. The van der Waals surface area contributed by atoms with E-state index in [1.165, 1.54) is 6.33 Å². The highest BCUT2D eigenvalue weighted by atomic mass is 16.2. The van der Waals surface area contributed by atoms with Crippen molar-refractivity contribution in [1.29, 1.82) is 0 Å². The summed E-state index contributed by atoms with van der Waals surface area (Å²) in [6.07, 6.45) is 5.09. The molecule has 1 atom stereocenters. The van der Waals surface area contributed by atoms with Crippen LogP contribution in [0.5, 0.6) is 0 Å². The molecule has 3 heterocycles. The lowest BCUT2D eigenvalue weighted by Gasteiger charge is -2.33. The number of piperidine rings is 1. The van der Waals surface area contributed by atoms with Gasteiger partial charge in [-0.25, -0.2) is 9.97 Å². The van der Waals surface area contributed by atoms with E-state index in [-0.39, 0.29) is 11.9 Å². The third-order valence-corrected chi connectivity index (χ3v) is 4.17. The van der Waals surface area contributed by atoms with Crippen molar-refractivity contribution in [1.82, 2.24) is 15.0 Å². The Morgan fingerprint density at radius 1 is 1.17 bits per heavy atom. The van der Waals surface area contributed by atoms with Crippen molar-refractivity contribution >= 4 is 28.4 Å². The largest absolute Gasteiger partial charge is 0.358 e. The Morgan fingerprint density at radius 3 is 2.91 bits per heavy atom. The maximum Gasteiger partial charge on any atom is 0.249 e. The Bertz CT molecular complexity index is 829. The van der Waals surface area contributed by atoms with Crippen LogP contribution in [-0.2, 0) is 4.79 Å². The van der Waals surface area contributed by atoms with Crippen molar-refractivity contribution < 1.29 is 4.79 Å². The molecule has 1 unspecified atom stereocenters. The summed E-state index contributed by atoms with van der Waals surface area (Å²) in [7, 11) is 0. The van der Waals surface area contributed by atoms with Gasteiger partial charge < -0.3 is 15.2 Å². The molecule has 1 fully saturated rings. The number of benzene rings is 1. The lowest BCUT2D eigenvalue weighted by Crippen LogP contribution is -2.47. The number of hydrogen-bond acceptors (Lipinski definition) is 4. The molecule has 2 N–H and O–H groups in total. The second-order valence-corrected chi connectivity index (χ2v) is 5.63. The van der Waals surface area contributed by atoms with E-state index in [9.17, 15) is 4.79 Å². The number of aromatic nitrogens is 3. The molecule has 23 heavy (non-hydrogen) atoms. The molecule has 3 aromatic rings. The number of aromatic amines is 1. The van der Waals surface area contributed by atoms with E-state index in [1.807, 2.05) is 47.5 Å². The summed E-state index contributed by atoms with van der Waals surface area (Å²) >= 11 is 0. The molecule has 0 saturated carbocycles. The number of nitrogens with one attached hydrogen (secondary N) is 2. The van der Waals surface area contributed by atoms with Gasteiger partial charge in [-0.3, -0.25) is 4.79 Å². The summed E-state index contributed by atoms with van der Waals surface area (Å²) in [6, 6.07) is 11.4. The van der Waals surface area contributed by atoms with Crippen LogP contribution in [0.4, 0.5) is 11.5 Å². The summed E-state index contributed by atoms with van der Waals surface area (Å²) in [4.78, 5) is 26.2. The molecule has 0 bridgehead atoms. The number of amides is 1. The van der Waals surface area contributed by atoms with Crippen LogP contribution in [0.15, 0.2) is 48.9 Å². The topological polar surface area (TPSA) is 73.9 Å². The lowest BCUT2D eigenvalue weighted by molar-refractivity contribution is -0.120. The van der Waals surface area contributed by atoms with Gasteiger partial charge in [0.05, 0.1) is 5.39 Å². The van der Waals surface area contributed by atoms with Crippen molar-refractivity contribution in [3.63, 3.8) is 0 Å². The quantitative estimate of drug-likeness (QED) is 0.780. The zero-order valence-corrected chi connectivity index (χ0v) is 12.6. The highest BCUT2D eigenvalue weighted by Gasteiger charge is 2.30. The third-order valence-electron chi connectivity index (χ3n) is 4.17. The average molecular weight is 307 g/mol. The van der Waals surface area contributed by atoms with Crippen molar-refractivity contribution in [2.24, 2.45) is 0 Å². The van der Waals surface area contributed by atoms with Gasteiger partial charge in [-0.15, -0.1) is 0 Å². The number of para-hydroxylation sites is 1. The van der Waals surface area contributed by atoms with E-state index < -0.39 is 0 Å². The van der Waals surface area contributed by atoms with Crippen molar-refractivity contribution in [2.75, 3.05) is 16.8 Å². The maximum absolute atomic E-state index is 12.8. The summed E-state index contributed by atoms with van der Waals surface area (Å²) < 4.78 is 0. The molecule has 1 aliphatic rings. The summed E-state index contributed by atoms with van der Waals surface area (Å²) in [5.41, 5.74) is 1.71. The minimum absolute atomic E-state index is 0.0877. The molecule has 0 aliphatic carbocycles. The van der Waals surface area contributed by atoms with Gasteiger partial charge in [0.1, 0.15) is 23.8 Å². The predicted octanol–water partition coefficient (Wildman–Crippen LogP) is 2.57. The van der Waals surface area contributed by atoms with E-state index in [4.69, 9.17) is 0 Å². The van der Waals surface area contributed by atoms with Crippen molar-refractivity contribution in [3.8, 4) is 0 Å². The van der Waals surface area contributed by atoms with Gasteiger partial charge in [-0.05, 0) is 31.0 Å². The number of fused-ring (bicyclic) bond motifs is 1. The van der Waals surface area contributed by atoms with Crippen LogP contribution in [-0.4, -0.2) is 33.4 Å². The van der Waals surface area contributed by atoms with E-state index in [0.29, 0.717) is 5.82 Å². The van der Waals surface area contributed by atoms with E-state index in [1.54, 1.807) is 0 Å². The highest BCUT2D eigenvalue weighted by Crippen LogP contribution is 2.24. The summed E-state index contributed by atoms with van der Waals surface area (Å²) in [5, 5.41) is 4.20. The Balaban J connectivity index is 1.59. The molecule has 2 aromatic heterocycles. The van der Waals surface area contributed by atoms with E-state index >= 15 is 0 Å². The van der Waals surface area contributed by atoms with Gasteiger partial charge in [-0.2, -0.15) is 0 Å². The normalized spacial score (nSPS) is 18.3. The second-order valence-electron chi connectivity index (χ2n) is 5.63. The minimum atomic E-state index is -0.267. The Hall–Kier alpha value is -2.89. The average Bonchev–Trinajstić information content (AvgIpc) is 3.07. The molecule has 1 amide bonds. The number of hydrogen-bond donors (Lipinski definition) is 2. The van der Waals surface area contributed by atoms with Crippen molar-refractivity contribution in [2.45, 2.75) is 18.9 Å². The zero-order chi connectivity index (χ0) is 15.6. The molecule has 1 aromatic carbocycles. The Labute approximate surface area is 133 Å². The van der Waals surface area contributed by atoms with Crippen LogP contribution in [0, 0.1) is 0 Å². The second kappa shape index (κ2) is 5.72. The van der Waals surface area contributed by atoms with Gasteiger partial charge in [0, 0.05) is 18.4 Å². The Morgan fingerprint density at radius 2 is 2.04 bits per heavy atom. The monoisotopic (exact) mass is 307 g/mol. The fourth-order valence-corrected chi connectivity index (χ4v) is 3.03. The summed E-state index contributed by atoms with van der Waals surface area (Å²) in [5.74, 6) is 0.786. The van der Waals surface area contributed by atoms with E-state index in [2.05, 4.69) is 20.3 Å². The SMILES string of the molecule is O=C1C(Nc2ncnc3[nH]ccc23)CCCN1c1ccccc1. The molecular formula is C17H17N5O. The zero-order valence-electron chi connectivity index (χ0n) is 12.6. The maximum atomic E-state index is 12.8. The molecule has 6 heteroatoms. The number of carbonyl (C=O) groups excluding carboxylic acids is 1. The number of anilines is 2. The van der Waals surface area contributed by atoms with Gasteiger partial charge >= 0.3 is 0 Å². The third kappa shape index (κ3) is 2.52. The molecule has 6 nitrogen and oxygen atoms in total. The molecule has 4 rings (SSSR count). The lowest BCUT2D eigenvalue weighted by atomic mass is 10.0. The van der Waals surface area contributed by atoms with E-state index in [0.717, 1.165) is 36.1 Å². The van der Waals surface area contributed by atoms with Crippen molar-refractivity contribution in [3.05, 3.63) is 48.9 Å². The molecule has 116 valence electrons. The molecule has 1 saturated heterocycles. The number of carbonyl (C=O) groups is 1. The molecule has 0 spiro atoms. The van der Waals surface area contributed by atoms with Crippen LogP contribution in [0.25, 0.3) is 11.0 Å². The van der Waals surface area contributed by atoms with Crippen LogP contribution < -0.4 is 10.2 Å². The van der Waals surface area contributed by atoms with Crippen LogP contribution >= 0.6 is 0 Å². The van der Waals surface area contributed by atoms with Crippen LogP contribution in [0.3, 0.4) is 0 Å². The minimum Gasteiger partial charge on any atom is -0.358 e. The van der Waals surface area contributed by atoms with Gasteiger partial charge in [0.25, 0.3) is 0 Å². The Kier molecular flexibility index (Phi) is 3.42. The van der Waals surface area contributed by atoms with Gasteiger partial charge in [-0.1, -0.05) is 18.2 Å². The smallest absolute Gasteiger partial charge is 0.249 e. The van der Waals surface area contributed by atoms with Gasteiger partial charge in [0.2, 0.25) is 5.91 Å². The summed E-state index contributed by atoms with van der Waals surface area (Å²) in [6.45, 7) is 0.754. The first-order chi connectivity index (χ1) is 11.3. The fourth-order valence-electron chi connectivity index (χ4n) is 3.03. The standard InChI is InChI=1S/C17H17N5O/c23-17-14(7-4-10-22(17)12-5-2-1-3-6-12)21-16-13-8-9-18-15(13)19-11-20-16/h1-3,5-6,8-9,11,14H,4,7,10H2,(H2,18,19,20,21). The number of H-pyrrole nitrogens is 1. The van der Waals surface area contributed by atoms with Crippen LogP contribution in [0.2, 0.25) is 0 Å². The fraction of sp³-hybridized carbons (Fsp3) is 0.235.